The molecule has 0 spiro atoms. The van der Waals surface area contributed by atoms with Gasteiger partial charge in [0.2, 0.25) is 0 Å². The van der Waals surface area contributed by atoms with E-state index in [-0.39, 0.29) is 0 Å². The van der Waals surface area contributed by atoms with Gasteiger partial charge in [-0.2, -0.15) is 10.5 Å². The number of benzene rings is 6. The lowest BCUT2D eigenvalue weighted by atomic mass is 9.99. The molecule has 0 aliphatic rings. The van der Waals surface area contributed by atoms with Crippen molar-refractivity contribution in [2.75, 3.05) is 0 Å². The third-order valence-corrected chi connectivity index (χ3v) is 8.37. The molecule has 4 nitrogen and oxygen atoms in total. The van der Waals surface area contributed by atoms with E-state index in [9.17, 15) is 10.5 Å². The zero-order valence-electron chi connectivity index (χ0n) is 23.2. The van der Waals surface area contributed by atoms with E-state index in [0.29, 0.717) is 17.5 Å². The van der Waals surface area contributed by atoms with Gasteiger partial charge in [-0.1, -0.05) is 72.8 Å². The van der Waals surface area contributed by atoms with E-state index in [4.69, 9.17) is 0 Å². The molecule has 0 atom stereocenters. The number of aromatic nitrogens is 2. The van der Waals surface area contributed by atoms with Crippen LogP contribution in [0.3, 0.4) is 0 Å². The van der Waals surface area contributed by atoms with Crippen LogP contribution in [-0.2, 0) is 6.42 Å². The maximum Gasteiger partial charge on any atom is 0.0992 e. The molecule has 2 heterocycles. The molecule has 0 N–H and O–H groups in total. The normalized spacial score (nSPS) is 11.3. The summed E-state index contributed by atoms with van der Waals surface area (Å²) in [5.41, 5.74) is 9.91. The van der Waals surface area contributed by atoms with Gasteiger partial charge in [-0.3, -0.25) is 0 Å². The smallest absolute Gasteiger partial charge is 0.0992 e. The number of para-hydroxylation sites is 4. The summed E-state index contributed by atoms with van der Waals surface area (Å²) in [6.07, 6.45) is 0.605. The molecular weight excluding hydrogens is 524 g/mol. The first-order valence-corrected chi connectivity index (χ1v) is 14.3. The summed E-state index contributed by atoms with van der Waals surface area (Å²) < 4.78 is 4.70. The van der Waals surface area contributed by atoms with Crippen LogP contribution >= 0.6 is 0 Å². The summed E-state index contributed by atoms with van der Waals surface area (Å²) in [6.45, 7) is 0. The molecule has 2 aromatic heterocycles. The van der Waals surface area contributed by atoms with E-state index >= 15 is 0 Å². The molecule has 43 heavy (non-hydrogen) atoms. The minimum absolute atomic E-state index is 0.501. The first-order chi connectivity index (χ1) is 21.2. The Bertz CT molecular complexity index is 2380. The zero-order valence-corrected chi connectivity index (χ0v) is 23.2. The summed E-state index contributed by atoms with van der Waals surface area (Å²) in [4.78, 5) is 0. The van der Waals surface area contributed by atoms with E-state index < -0.39 is 0 Å². The Morgan fingerprint density at radius 1 is 0.465 bits per heavy atom. The molecule has 0 saturated carbocycles. The van der Waals surface area contributed by atoms with Crippen molar-refractivity contribution in [3.05, 3.63) is 156 Å². The average molecular weight is 549 g/mol. The third kappa shape index (κ3) is 3.90. The van der Waals surface area contributed by atoms with E-state index in [1.807, 2.05) is 18.2 Å². The number of rotatable bonds is 4. The van der Waals surface area contributed by atoms with Gasteiger partial charge in [0.25, 0.3) is 0 Å². The van der Waals surface area contributed by atoms with Crippen molar-refractivity contribution >= 4 is 43.6 Å². The molecule has 0 amide bonds. The van der Waals surface area contributed by atoms with Crippen LogP contribution in [0.25, 0.3) is 55.0 Å². The van der Waals surface area contributed by atoms with Crippen molar-refractivity contribution in [1.82, 2.24) is 9.13 Å². The summed E-state index contributed by atoms with van der Waals surface area (Å²) in [6, 6.07) is 50.7. The Morgan fingerprint density at radius 2 is 0.977 bits per heavy atom. The molecule has 0 aliphatic carbocycles. The van der Waals surface area contributed by atoms with Gasteiger partial charge in [-0.25, -0.2) is 0 Å². The van der Waals surface area contributed by atoms with Gasteiger partial charge in [0.05, 0.1) is 45.3 Å². The Morgan fingerprint density at radius 3 is 1.60 bits per heavy atom. The minimum Gasteiger partial charge on any atom is -0.309 e. The summed E-state index contributed by atoms with van der Waals surface area (Å²) in [7, 11) is 0. The Labute approximate surface area is 248 Å². The number of hydrogen-bond donors (Lipinski definition) is 0. The van der Waals surface area contributed by atoms with E-state index in [2.05, 4.69) is 130 Å². The molecule has 8 aromatic rings. The maximum atomic E-state index is 9.53. The monoisotopic (exact) mass is 548 g/mol. The van der Waals surface area contributed by atoms with Gasteiger partial charge in [0, 0.05) is 32.9 Å². The van der Waals surface area contributed by atoms with Crippen LogP contribution < -0.4 is 0 Å². The molecule has 0 radical (unpaired) electrons. The predicted molar refractivity (Wildman–Crippen MR) is 174 cm³/mol. The molecule has 0 bridgehead atoms. The van der Waals surface area contributed by atoms with Crippen LogP contribution in [0.2, 0.25) is 0 Å². The van der Waals surface area contributed by atoms with Crippen molar-refractivity contribution in [3.63, 3.8) is 0 Å². The van der Waals surface area contributed by atoms with Crippen LogP contribution in [0.5, 0.6) is 0 Å². The Hall–Kier alpha value is -6.10. The molecule has 0 unspecified atom stereocenters. The van der Waals surface area contributed by atoms with Gasteiger partial charge in [0.15, 0.2) is 0 Å². The van der Waals surface area contributed by atoms with Crippen molar-refractivity contribution < 1.29 is 0 Å². The van der Waals surface area contributed by atoms with Crippen molar-refractivity contribution in [2.24, 2.45) is 0 Å². The Kier molecular flexibility index (Phi) is 5.61. The van der Waals surface area contributed by atoms with Gasteiger partial charge in [0.1, 0.15) is 0 Å². The Balaban J connectivity index is 1.35. The summed E-state index contributed by atoms with van der Waals surface area (Å²) in [5, 5.41) is 23.9. The number of nitrogens with zero attached hydrogens (tertiary/aromatic N) is 4. The number of hydrogen-bond acceptors (Lipinski definition) is 2. The summed E-state index contributed by atoms with van der Waals surface area (Å²) in [5.74, 6) is 0. The fourth-order valence-electron chi connectivity index (χ4n) is 6.58. The molecule has 0 aliphatic heterocycles. The van der Waals surface area contributed by atoms with Gasteiger partial charge >= 0.3 is 0 Å². The first-order valence-electron chi connectivity index (χ1n) is 14.3. The second kappa shape index (κ2) is 9.77. The van der Waals surface area contributed by atoms with E-state index in [0.717, 1.165) is 33.5 Å². The van der Waals surface area contributed by atoms with Crippen LogP contribution in [0.4, 0.5) is 0 Å². The molecule has 200 valence electrons. The number of fused-ring (bicyclic) bond motifs is 6. The molecule has 6 aromatic carbocycles. The highest BCUT2D eigenvalue weighted by molar-refractivity contribution is 6.12. The molecule has 0 saturated heterocycles. The second-order valence-electron chi connectivity index (χ2n) is 10.9. The molecule has 4 heteroatoms. The predicted octanol–water partition coefficient (Wildman–Crippen LogP) is 9.21. The average Bonchev–Trinajstić information content (AvgIpc) is 3.57. The molecule has 0 fully saturated rings. The summed E-state index contributed by atoms with van der Waals surface area (Å²) >= 11 is 0. The lowest BCUT2D eigenvalue weighted by Crippen LogP contribution is -2.01. The van der Waals surface area contributed by atoms with Crippen molar-refractivity contribution in [1.29, 1.82) is 10.5 Å². The maximum absolute atomic E-state index is 9.53. The van der Waals surface area contributed by atoms with Gasteiger partial charge in [-0.05, 0) is 78.2 Å². The highest BCUT2D eigenvalue weighted by Gasteiger charge is 2.17. The first kappa shape index (κ1) is 24.7. The van der Waals surface area contributed by atoms with Crippen LogP contribution in [0, 0.1) is 22.7 Å². The van der Waals surface area contributed by atoms with Crippen molar-refractivity contribution in [3.8, 4) is 23.5 Å². The van der Waals surface area contributed by atoms with Crippen LogP contribution in [-0.4, -0.2) is 9.13 Å². The zero-order chi connectivity index (χ0) is 28.9. The van der Waals surface area contributed by atoms with E-state index in [1.54, 1.807) is 6.07 Å². The van der Waals surface area contributed by atoms with E-state index in [1.165, 1.54) is 32.6 Å². The SMILES string of the molecule is N#Cc1cc(C#N)cc(Cc2ccccc2-n2c3ccccc3c3cc(-n4c5ccccc5c5ccccc54)ccc32)c1. The largest absolute Gasteiger partial charge is 0.309 e. The minimum atomic E-state index is 0.501. The van der Waals surface area contributed by atoms with Crippen LogP contribution in [0.1, 0.15) is 22.3 Å². The number of nitriles is 2. The van der Waals surface area contributed by atoms with Crippen molar-refractivity contribution in [2.45, 2.75) is 6.42 Å². The lowest BCUT2D eigenvalue weighted by Gasteiger charge is -2.14. The highest BCUT2D eigenvalue weighted by atomic mass is 15.0. The van der Waals surface area contributed by atoms with Gasteiger partial charge < -0.3 is 9.13 Å². The fourth-order valence-corrected chi connectivity index (χ4v) is 6.58. The quantitative estimate of drug-likeness (QED) is 0.220. The third-order valence-electron chi connectivity index (χ3n) is 8.37. The topological polar surface area (TPSA) is 57.4 Å². The molecular formula is C39H24N4. The second-order valence-corrected chi connectivity index (χ2v) is 10.9. The highest BCUT2D eigenvalue weighted by Crippen LogP contribution is 2.37. The standard InChI is InChI=1S/C39H24N4/c40-24-27-19-26(20-28(21-27)25-41)22-29-9-1-5-13-35(29)43-38-16-8-4-12-33(38)34-23-30(17-18-39(34)43)42-36-14-6-2-10-31(36)32-11-3-7-15-37(32)42/h1-21,23H,22H2. The lowest BCUT2D eigenvalue weighted by molar-refractivity contribution is 1.09. The molecule has 8 rings (SSSR count). The van der Waals surface area contributed by atoms with Crippen LogP contribution in [0.15, 0.2) is 133 Å². The fraction of sp³-hybridized carbons (Fsp3) is 0.0256. The van der Waals surface area contributed by atoms with Gasteiger partial charge in [-0.15, -0.1) is 0 Å².